The van der Waals surface area contributed by atoms with Gasteiger partial charge in [0, 0.05) is 36.1 Å². The van der Waals surface area contributed by atoms with Gasteiger partial charge in [-0.3, -0.25) is 0 Å². The number of nitrogens with two attached hydrogens (primary N) is 1. The van der Waals surface area contributed by atoms with Gasteiger partial charge in [0.05, 0.1) is 10.5 Å². The van der Waals surface area contributed by atoms with Crippen molar-refractivity contribution < 1.29 is 13.2 Å². The third-order valence-electron chi connectivity index (χ3n) is 3.67. The van der Waals surface area contributed by atoms with E-state index in [1.165, 1.54) is 0 Å². The third kappa shape index (κ3) is 3.56. The predicted molar refractivity (Wildman–Crippen MR) is 96.5 cm³/mol. The number of aryl methyl sites for hydroxylation is 1. The zero-order valence-corrected chi connectivity index (χ0v) is 15.8. The Hall–Kier alpha value is -1.71. The Bertz CT molecular complexity index is 990. The number of alkyl halides is 3. The van der Waals surface area contributed by atoms with E-state index >= 15 is 0 Å². The Morgan fingerprint density at radius 1 is 1.27 bits per heavy atom. The van der Waals surface area contributed by atoms with Crippen molar-refractivity contribution in [3.05, 3.63) is 39.9 Å². The highest BCUT2D eigenvalue weighted by Crippen LogP contribution is 2.41. The largest absolute Gasteiger partial charge is 0.433 e. The summed E-state index contributed by atoms with van der Waals surface area (Å²) >= 11 is 13.5. The Morgan fingerprint density at radius 2 is 1.96 bits per heavy atom. The van der Waals surface area contributed by atoms with Crippen molar-refractivity contribution in [2.24, 2.45) is 7.05 Å². The topological polar surface area (TPSA) is 69.6 Å². The Kier molecular flexibility index (Phi) is 4.98. The van der Waals surface area contributed by atoms with E-state index < -0.39 is 11.9 Å². The summed E-state index contributed by atoms with van der Waals surface area (Å²) in [6.07, 6.45) is -1.36. The molecule has 0 amide bonds. The highest BCUT2D eigenvalue weighted by atomic mass is 35.5. The number of fused-ring (bicyclic) bond motifs is 1. The van der Waals surface area contributed by atoms with Crippen LogP contribution >= 0.6 is 35.0 Å². The van der Waals surface area contributed by atoms with Gasteiger partial charge in [-0.15, -0.1) is 0 Å². The zero-order valence-electron chi connectivity index (χ0n) is 13.5. The van der Waals surface area contributed by atoms with Gasteiger partial charge >= 0.3 is 6.18 Å². The zero-order chi connectivity index (χ0) is 19.2. The lowest BCUT2D eigenvalue weighted by molar-refractivity contribution is -0.141. The van der Waals surface area contributed by atoms with E-state index in [1.807, 2.05) is 0 Å². The number of pyridine rings is 1. The van der Waals surface area contributed by atoms with Gasteiger partial charge in [-0.1, -0.05) is 35.0 Å². The van der Waals surface area contributed by atoms with Crippen molar-refractivity contribution in [1.29, 1.82) is 0 Å². The minimum Gasteiger partial charge on any atom is -0.384 e. The molecule has 0 aliphatic rings. The molecule has 0 fully saturated rings. The Labute approximate surface area is 160 Å². The average Bonchev–Trinajstić information content (AvgIpc) is 2.82. The molecule has 0 aliphatic carbocycles. The fourth-order valence-electron chi connectivity index (χ4n) is 2.53. The summed E-state index contributed by atoms with van der Waals surface area (Å²) in [6, 6.07) is 0.699. The monoisotopic (exact) mass is 421 g/mol. The van der Waals surface area contributed by atoms with Crippen LogP contribution < -0.4 is 5.73 Å². The number of anilines is 1. The highest BCUT2D eigenvalue weighted by Gasteiger charge is 2.33. The molecule has 0 bridgehead atoms. The van der Waals surface area contributed by atoms with Crippen molar-refractivity contribution in [2.75, 3.05) is 5.73 Å². The van der Waals surface area contributed by atoms with E-state index in [0.29, 0.717) is 27.6 Å². The molecule has 0 radical (unpaired) electrons. The lowest BCUT2D eigenvalue weighted by atomic mass is 10.1. The van der Waals surface area contributed by atoms with Gasteiger partial charge in [0.25, 0.3) is 0 Å². The lowest BCUT2D eigenvalue weighted by Gasteiger charge is -2.14. The molecule has 3 aromatic heterocycles. The minimum atomic E-state index is -4.60. The van der Waals surface area contributed by atoms with E-state index in [1.54, 1.807) is 30.9 Å². The van der Waals surface area contributed by atoms with Crippen molar-refractivity contribution in [1.82, 2.24) is 19.5 Å². The number of thioether (sulfide) groups is 1. The number of aromatic nitrogens is 4. The average molecular weight is 422 g/mol. The van der Waals surface area contributed by atoms with Crippen LogP contribution in [0.1, 0.15) is 23.4 Å². The van der Waals surface area contributed by atoms with Gasteiger partial charge in [0.2, 0.25) is 0 Å². The summed E-state index contributed by atoms with van der Waals surface area (Å²) in [5, 5.41) is 1.02. The van der Waals surface area contributed by atoms with Crippen molar-refractivity contribution in [3.63, 3.8) is 0 Å². The molecule has 138 valence electrons. The van der Waals surface area contributed by atoms with E-state index in [4.69, 9.17) is 28.9 Å². The molecule has 5 nitrogen and oxygen atoms in total. The van der Waals surface area contributed by atoms with Crippen LogP contribution in [0.25, 0.3) is 10.9 Å². The summed E-state index contributed by atoms with van der Waals surface area (Å²) in [5.41, 5.74) is 5.76. The normalized spacial score (nSPS) is 13.3. The van der Waals surface area contributed by atoms with E-state index in [2.05, 4.69) is 15.0 Å². The van der Waals surface area contributed by atoms with Crippen LogP contribution in [0, 0.1) is 0 Å². The molecule has 3 rings (SSSR count). The molecule has 3 heterocycles. The lowest BCUT2D eigenvalue weighted by Crippen LogP contribution is -2.11. The summed E-state index contributed by atoms with van der Waals surface area (Å²) in [5.74, 6) is -0.251. The standard InChI is InChI=1S/C15H12Cl2F3N5S/c1-6(26-14-23-9(15(18,19)20)3-10(21)24-14)7-4-22-13(17)12-11(7)8(16)5-25(12)2/h3-6H,1-2H3,(H2,21,23,24). The first-order valence-corrected chi connectivity index (χ1v) is 8.88. The molecule has 0 saturated carbocycles. The van der Waals surface area contributed by atoms with Gasteiger partial charge in [0.15, 0.2) is 16.0 Å². The summed E-state index contributed by atoms with van der Waals surface area (Å²) < 4.78 is 40.5. The quantitative estimate of drug-likeness (QED) is 0.360. The Morgan fingerprint density at radius 3 is 2.62 bits per heavy atom. The fourth-order valence-corrected chi connectivity index (χ4v) is 4.09. The van der Waals surface area contributed by atoms with Crippen LogP contribution in [0.5, 0.6) is 0 Å². The number of nitrogens with zero attached hydrogens (tertiary/aromatic N) is 4. The maximum atomic E-state index is 12.9. The van der Waals surface area contributed by atoms with Crippen LogP contribution in [0.2, 0.25) is 10.2 Å². The van der Waals surface area contributed by atoms with Gasteiger partial charge < -0.3 is 10.3 Å². The van der Waals surface area contributed by atoms with Crippen LogP contribution in [0.4, 0.5) is 19.0 Å². The maximum Gasteiger partial charge on any atom is 0.433 e. The van der Waals surface area contributed by atoms with Crippen molar-refractivity contribution >= 4 is 51.7 Å². The number of nitrogen functional groups attached to an aromatic ring is 1. The smallest absolute Gasteiger partial charge is 0.384 e. The summed E-state index contributed by atoms with van der Waals surface area (Å²) in [7, 11) is 1.78. The fraction of sp³-hybridized carbons (Fsp3) is 0.267. The number of hydrogen-bond acceptors (Lipinski definition) is 5. The second-order valence-electron chi connectivity index (χ2n) is 5.53. The number of hydrogen-bond donors (Lipinski definition) is 1. The second kappa shape index (κ2) is 6.79. The molecule has 0 aliphatic heterocycles. The van der Waals surface area contributed by atoms with Crippen molar-refractivity contribution in [3.8, 4) is 0 Å². The molecule has 11 heteroatoms. The SMILES string of the molecule is CC(Sc1nc(N)cc(C(F)(F)F)n1)c1cnc(Cl)c2c1c(Cl)cn2C. The second-order valence-corrected chi connectivity index (χ2v) is 7.61. The van der Waals surface area contributed by atoms with Gasteiger partial charge in [0.1, 0.15) is 5.82 Å². The third-order valence-corrected chi connectivity index (χ3v) is 5.24. The molecule has 1 unspecified atom stereocenters. The van der Waals surface area contributed by atoms with Crippen LogP contribution in [-0.4, -0.2) is 19.5 Å². The van der Waals surface area contributed by atoms with Gasteiger partial charge in [-0.25, -0.2) is 15.0 Å². The van der Waals surface area contributed by atoms with Crippen LogP contribution in [0.3, 0.4) is 0 Å². The minimum absolute atomic E-state index is 0.0834. The molecule has 26 heavy (non-hydrogen) atoms. The van der Waals surface area contributed by atoms with Gasteiger partial charge in [-0.2, -0.15) is 13.2 Å². The maximum absolute atomic E-state index is 12.9. The first-order chi connectivity index (χ1) is 12.1. The summed E-state index contributed by atoms with van der Waals surface area (Å²) in [6.45, 7) is 1.79. The first-order valence-electron chi connectivity index (χ1n) is 7.25. The molecule has 0 spiro atoms. The van der Waals surface area contributed by atoms with E-state index in [0.717, 1.165) is 11.8 Å². The van der Waals surface area contributed by atoms with Crippen LogP contribution in [-0.2, 0) is 13.2 Å². The first kappa shape index (κ1) is 19.1. The van der Waals surface area contributed by atoms with E-state index in [-0.39, 0.29) is 21.4 Å². The van der Waals surface area contributed by atoms with Crippen molar-refractivity contribution in [2.45, 2.75) is 23.5 Å². The molecule has 3 aromatic rings. The van der Waals surface area contributed by atoms with E-state index in [9.17, 15) is 13.2 Å². The number of rotatable bonds is 3. The molecule has 0 saturated heterocycles. The Balaban J connectivity index is 2.02. The van der Waals surface area contributed by atoms with Crippen LogP contribution in [0.15, 0.2) is 23.6 Å². The molecule has 0 aromatic carbocycles. The number of halogens is 5. The molecular weight excluding hydrogens is 410 g/mol. The van der Waals surface area contributed by atoms with Gasteiger partial charge in [-0.05, 0) is 12.5 Å². The summed E-state index contributed by atoms with van der Waals surface area (Å²) in [4.78, 5) is 11.6. The molecular formula is C15H12Cl2F3N5S. The predicted octanol–water partition coefficient (Wildman–Crippen LogP) is 5.12. The highest BCUT2D eigenvalue weighted by molar-refractivity contribution is 7.99. The molecule has 1 atom stereocenters. The molecule has 2 N–H and O–H groups in total.